The fraction of sp³-hybridized carbons (Fsp3) is 0.900. The van der Waals surface area contributed by atoms with Gasteiger partial charge in [0.1, 0.15) is 0 Å². The highest BCUT2D eigenvalue weighted by atomic mass is 14.3. The summed E-state index contributed by atoms with van der Waals surface area (Å²) in [4.78, 5) is 0. The monoisotopic (exact) mass is 280 g/mol. The van der Waals surface area contributed by atoms with E-state index in [1.807, 2.05) is 0 Å². The summed E-state index contributed by atoms with van der Waals surface area (Å²) in [6.07, 6.45) is 8.88. The standard InChI is InChI=1S/C20H40/c1-10-18(15-19(6,7)14-16(2)3)12-11-13-20(8,9)17(4)5/h12,16-17H,10-11,13-15H2,1-9H3. The lowest BCUT2D eigenvalue weighted by Crippen LogP contribution is -2.18. The molecule has 0 rings (SSSR count). The first-order chi connectivity index (χ1) is 9.00. The van der Waals surface area contributed by atoms with E-state index in [1.165, 1.54) is 32.1 Å². The van der Waals surface area contributed by atoms with Crippen molar-refractivity contribution in [3.8, 4) is 0 Å². The predicted octanol–water partition coefficient (Wildman–Crippen LogP) is 7.25. The van der Waals surface area contributed by atoms with Crippen LogP contribution in [0.1, 0.15) is 94.4 Å². The fourth-order valence-corrected chi connectivity index (χ4v) is 3.07. The van der Waals surface area contributed by atoms with Crippen molar-refractivity contribution in [3.63, 3.8) is 0 Å². The molecule has 0 fully saturated rings. The van der Waals surface area contributed by atoms with Crippen LogP contribution in [0.3, 0.4) is 0 Å². The van der Waals surface area contributed by atoms with Gasteiger partial charge in [-0.2, -0.15) is 0 Å². The van der Waals surface area contributed by atoms with Crippen LogP contribution in [0.15, 0.2) is 11.6 Å². The molecule has 0 atom stereocenters. The van der Waals surface area contributed by atoms with Crippen molar-refractivity contribution < 1.29 is 0 Å². The molecule has 0 bridgehead atoms. The molecule has 0 aromatic rings. The molecular formula is C20H40. The largest absolute Gasteiger partial charge is 0.0853 e. The second-order valence-corrected chi connectivity index (χ2v) is 8.84. The number of rotatable bonds is 9. The van der Waals surface area contributed by atoms with Crippen LogP contribution in [0.25, 0.3) is 0 Å². The fourth-order valence-electron chi connectivity index (χ4n) is 3.07. The van der Waals surface area contributed by atoms with Gasteiger partial charge in [-0.15, -0.1) is 0 Å². The minimum Gasteiger partial charge on any atom is -0.0853 e. The van der Waals surface area contributed by atoms with E-state index in [1.54, 1.807) is 5.57 Å². The third kappa shape index (κ3) is 8.12. The van der Waals surface area contributed by atoms with Crippen LogP contribution < -0.4 is 0 Å². The van der Waals surface area contributed by atoms with Crippen LogP contribution >= 0.6 is 0 Å². The van der Waals surface area contributed by atoms with Crippen LogP contribution in [-0.4, -0.2) is 0 Å². The summed E-state index contributed by atoms with van der Waals surface area (Å²) in [6.45, 7) is 21.3. The third-order valence-corrected chi connectivity index (χ3v) is 4.91. The maximum absolute atomic E-state index is 2.53. The molecule has 0 aliphatic carbocycles. The molecule has 0 aliphatic heterocycles. The highest BCUT2D eigenvalue weighted by Gasteiger charge is 2.22. The molecule has 0 aromatic heterocycles. The number of allylic oxidation sites excluding steroid dienone is 2. The van der Waals surface area contributed by atoms with Crippen LogP contribution in [0, 0.1) is 22.7 Å². The normalized spacial score (nSPS) is 14.4. The van der Waals surface area contributed by atoms with Gasteiger partial charge in [0.15, 0.2) is 0 Å². The van der Waals surface area contributed by atoms with Crippen molar-refractivity contribution in [2.75, 3.05) is 0 Å². The van der Waals surface area contributed by atoms with Gasteiger partial charge in [0.2, 0.25) is 0 Å². The molecule has 0 saturated heterocycles. The summed E-state index contributed by atoms with van der Waals surface area (Å²) in [5, 5.41) is 0. The van der Waals surface area contributed by atoms with Gasteiger partial charge in [-0.05, 0) is 54.8 Å². The first-order valence-electron chi connectivity index (χ1n) is 8.68. The molecule has 0 amide bonds. The van der Waals surface area contributed by atoms with Gasteiger partial charge in [0.25, 0.3) is 0 Å². The van der Waals surface area contributed by atoms with Crippen molar-refractivity contribution >= 4 is 0 Å². The van der Waals surface area contributed by atoms with Crippen LogP contribution in [0.4, 0.5) is 0 Å². The van der Waals surface area contributed by atoms with E-state index >= 15 is 0 Å². The molecule has 0 heterocycles. The second-order valence-electron chi connectivity index (χ2n) is 8.84. The van der Waals surface area contributed by atoms with E-state index in [2.05, 4.69) is 68.4 Å². The molecule has 0 nitrogen and oxygen atoms in total. The molecular weight excluding hydrogens is 240 g/mol. The zero-order valence-electron chi connectivity index (χ0n) is 15.8. The highest BCUT2D eigenvalue weighted by Crippen LogP contribution is 2.35. The van der Waals surface area contributed by atoms with Crippen LogP contribution in [0.2, 0.25) is 0 Å². The maximum atomic E-state index is 2.53. The van der Waals surface area contributed by atoms with Crippen molar-refractivity contribution in [2.45, 2.75) is 94.4 Å². The number of hydrogen-bond acceptors (Lipinski definition) is 0. The summed E-state index contributed by atoms with van der Waals surface area (Å²) in [5.41, 5.74) is 2.57. The Morgan fingerprint density at radius 2 is 1.55 bits per heavy atom. The average Bonchev–Trinajstić information content (AvgIpc) is 2.25. The van der Waals surface area contributed by atoms with Crippen molar-refractivity contribution in [1.29, 1.82) is 0 Å². The Morgan fingerprint density at radius 1 is 1.00 bits per heavy atom. The van der Waals surface area contributed by atoms with E-state index in [4.69, 9.17) is 0 Å². The maximum Gasteiger partial charge on any atom is -0.0269 e. The molecule has 0 spiro atoms. The van der Waals surface area contributed by atoms with E-state index in [9.17, 15) is 0 Å². The molecule has 0 radical (unpaired) electrons. The third-order valence-electron chi connectivity index (χ3n) is 4.91. The molecule has 0 N–H and O–H groups in total. The first-order valence-corrected chi connectivity index (χ1v) is 8.68. The van der Waals surface area contributed by atoms with Gasteiger partial charge >= 0.3 is 0 Å². The summed E-state index contributed by atoms with van der Waals surface area (Å²) >= 11 is 0. The zero-order chi connectivity index (χ0) is 16.0. The molecule has 20 heavy (non-hydrogen) atoms. The SMILES string of the molecule is CCC(=CCCC(C)(C)C(C)C)CC(C)(C)CC(C)C. The molecule has 0 aliphatic rings. The Morgan fingerprint density at radius 3 is 1.95 bits per heavy atom. The molecule has 0 saturated carbocycles. The Hall–Kier alpha value is -0.260. The Labute approximate surface area is 129 Å². The van der Waals surface area contributed by atoms with Gasteiger partial charge in [-0.3, -0.25) is 0 Å². The van der Waals surface area contributed by atoms with Crippen LogP contribution in [0.5, 0.6) is 0 Å². The molecule has 0 aromatic carbocycles. The summed E-state index contributed by atoms with van der Waals surface area (Å²) < 4.78 is 0. The lowest BCUT2D eigenvalue weighted by Gasteiger charge is -2.30. The zero-order valence-corrected chi connectivity index (χ0v) is 15.8. The minimum absolute atomic E-state index is 0.448. The Kier molecular flexibility index (Phi) is 8.14. The average molecular weight is 281 g/mol. The van der Waals surface area contributed by atoms with Crippen molar-refractivity contribution in [3.05, 3.63) is 11.6 Å². The quantitative estimate of drug-likeness (QED) is 0.390. The van der Waals surface area contributed by atoms with Crippen molar-refractivity contribution in [2.24, 2.45) is 22.7 Å². The lowest BCUT2D eigenvalue weighted by molar-refractivity contribution is 0.230. The van der Waals surface area contributed by atoms with E-state index in [0.717, 1.165) is 11.8 Å². The van der Waals surface area contributed by atoms with E-state index in [0.29, 0.717) is 10.8 Å². The van der Waals surface area contributed by atoms with Crippen LogP contribution in [-0.2, 0) is 0 Å². The van der Waals surface area contributed by atoms with Crippen molar-refractivity contribution in [1.82, 2.24) is 0 Å². The molecule has 0 unspecified atom stereocenters. The topological polar surface area (TPSA) is 0 Å². The Balaban J connectivity index is 4.50. The summed E-state index contributed by atoms with van der Waals surface area (Å²) in [7, 11) is 0. The van der Waals surface area contributed by atoms with E-state index < -0.39 is 0 Å². The Bertz CT molecular complexity index is 289. The highest BCUT2D eigenvalue weighted by molar-refractivity contribution is 5.04. The molecule has 120 valence electrons. The van der Waals surface area contributed by atoms with Gasteiger partial charge in [-0.25, -0.2) is 0 Å². The first kappa shape index (κ1) is 19.7. The smallest absolute Gasteiger partial charge is 0.0269 e. The number of hydrogen-bond donors (Lipinski definition) is 0. The van der Waals surface area contributed by atoms with Gasteiger partial charge < -0.3 is 0 Å². The second kappa shape index (κ2) is 8.25. The summed E-state index contributed by atoms with van der Waals surface area (Å²) in [5.74, 6) is 1.56. The molecule has 0 heteroatoms. The predicted molar refractivity (Wildman–Crippen MR) is 94.1 cm³/mol. The van der Waals surface area contributed by atoms with Gasteiger partial charge in [0.05, 0.1) is 0 Å². The van der Waals surface area contributed by atoms with Gasteiger partial charge in [-0.1, -0.05) is 74.0 Å². The lowest BCUT2D eigenvalue weighted by atomic mass is 9.76. The van der Waals surface area contributed by atoms with E-state index in [-0.39, 0.29) is 0 Å². The summed E-state index contributed by atoms with van der Waals surface area (Å²) in [6, 6.07) is 0. The van der Waals surface area contributed by atoms with Gasteiger partial charge in [0, 0.05) is 0 Å². The minimum atomic E-state index is 0.448.